The van der Waals surface area contributed by atoms with Crippen molar-refractivity contribution in [1.29, 1.82) is 0 Å². The summed E-state index contributed by atoms with van der Waals surface area (Å²) in [5.41, 5.74) is 0.340. The van der Waals surface area contributed by atoms with Crippen molar-refractivity contribution in [2.24, 2.45) is 10.8 Å². The second-order valence-corrected chi connectivity index (χ2v) is 4.56. The highest BCUT2D eigenvalue weighted by atomic mass is 16.3. The van der Waals surface area contributed by atoms with Gasteiger partial charge in [-0.05, 0) is 17.3 Å². The minimum Gasteiger partial charge on any atom is -0.392 e. The van der Waals surface area contributed by atoms with Crippen LogP contribution in [0.4, 0.5) is 0 Å². The summed E-state index contributed by atoms with van der Waals surface area (Å²) in [5, 5.41) is 9.50. The highest BCUT2D eigenvalue weighted by Crippen LogP contribution is 2.53. The molecule has 0 amide bonds. The first kappa shape index (κ1) is 7.07. The van der Waals surface area contributed by atoms with E-state index in [1.807, 2.05) is 0 Å². The van der Waals surface area contributed by atoms with E-state index in [2.05, 4.69) is 27.7 Å². The van der Waals surface area contributed by atoms with Crippen LogP contribution in [0.25, 0.3) is 0 Å². The highest BCUT2D eigenvalue weighted by molar-refractivity contribution is 5.01. The first-order valence-electron chi connectivity index (χ1n) is 3.54. The van der Waals surface area contributed by atoms with E-state index in [9.17, 15) is 5.11 Å². The zero-order valence-electron chi connectivity index (χ0n) is 6.73. The van der Waals surface area contributed by atoms with Crippen LogP contribution >= 0.6 is 0 Å². The molecule has 1 saturated carbocycles. The van der Waals surface area contributed by atoms with Crippen LogP contribution in [0, 0.1) is 10.8 Å². The molecule has 0 unspecified atom stereocenters. The Labute approximate surface area is 57.1 Å². The average Bonchev–Trinajstić information content (AvgIpc) is 1.63. The van der Waals surface area contributed by atoms with Gasteiger partial charge in [0.2, 0.25) is 0 Å². The van der Waals surface area contributed by atoms with Gasteiger partial charge >= 0.3 is 0 Å². The number of hydrogen-bond donors (Lipinski definition) is 1. The summed E-state index contributed by atoms with van der Waals surface area (Å²) in [6, 6.07) is 0. The standard InChI is InChI=1S/C8H16O/c1-7(2)5-8(3,4)6(7)9/h6,9H,5H2,1-4H3. The monoisotopic (exact) mass is 128 g/mol. The number of aliphatic hydroxyl groups excluding tert-OH is 1. The first-order chi connectivity index (χ1) is 3.86. The molecule has 1 rings (SSSR count). The lowest BCUT2D eigenvalue weighted by Gasteiger charge is -2.54. The van der Waals surface area contributed by atoms with Gasteiger partial charge in [0.25, 0.3) is 0 Å². The van der Waals surface area contributed by atoms with Crippen LogP contribution < -0.4 is 0 Å². The number of aliphatic hydroxyl groups is 1. The van der Waals surface area contributed by atoms with Crippen molar-refractivity contribution < 1.29 is 5.11 Å². The fourth-order valence-corrected chi connectivity index (χ4v) is 2.29. The molecule has 0 spiro atoms. The summed E-state index contributed by atoms with van der Waals surface area (Å²) in [6.07, 6.45) is 1.03. The number of rotatable bonds is 0. The van der Waals surface area contributed by atoms with Gasteiger partial charge in [0.1, 0.15) is 0 Å². The zero-order chi connectivity index (χ0) is 7.28. The zero-order valence-corrected chi connectivity index (χ0v) is 6.73. The minimum atomic E-state index is -0.106. The molecule has 0 bridgehead atoms. The van der Waals surface area contributed by atoms with E-state index < -0.39 is 0 Å². The predicted octanol–water partition coefficient (Wildman–Crippen LogP) is 1.80. The Balaban J connectivity index is 2.62. The molecule has 0 aromatic rings. The molecule has 1 aliphatic carbocycles. The van der Waals surface area contributed by atoms with Gasteiger partial charge in [-0.2, -0.15) is 0 Å². The van der Waals surface area contributed by atoms with Crippen molar-refractivity contribution in [2.45, 2.75) is 40.2 Å². The van der Waals surface area contributed by atoms with E-state index in [0.29, 0.717) is 0 Å². The first-order valence-corrected chi connectivity index (χ1v) is 3.54. The Morgan fingerprint density at radius 3 is 1.44 bits per heavy atom. The summed E-state index contributed by atoms with van der Waals surface area (Å²) >= 11 is 0. The van der Waals surface area contributed by atoms with Gasteiger partial charge in [-0.3, -0.25) is 0 Å². The summed E-state index contributed by atoms with van der Waals surface area (Å²) in [5.74, 6) is 0. The van der Waals surface area contributed by atoms with E-state index in [4.69, 9.17) is 0 Å². The van der Waals surface area contributed by atoms with Crippen LogP contribution in [0.15, 0.2) is 0 Å². The van der Waals surface area contributed by atoms with Crippen LogP contribution in [0.5, 0.6) is 0 Å². The molecule has 0 aromatic carbocycles. The molecule has 0 saturated heterocycles. The third-order valence-electron chi connectivity index (χ3n) is 2.39. The Kier molecular flexibility index (Phi) is 1.19. The van der Waals surface area contributed by atoms with Crippen LogP contribution in [0.1, 0.15) is 34.1 Å². The van der Waals surface area contributed by atoms with Crippen LogP contribution in [-0.4, -0.2) is 11.2 Å². The number of hydrogen-bond acceptors (Lipinski definition) is 1. The van der Waals surface area contributed by atoms with E-state index in [1.54, 1.807) is 0 Å². The third kappa shape index (κ3) is 0.877. The van der Waals surface area contributed by atoms with Crippen molar-refractivity contribution in [3.05, 3.63) is 0 Å². The van der Waals surface area contributed by atoms with Crippen LogP contribution in [-0.2, 0) is 0 Å². The molecule has 1 aliphatic rings. The lowest BCUT2D eigenvalue weighted by molar-refractivity contribution is -0.150. The smallest absolute Gasteiger partial charge is 0.0642 e. The summed E-state index contributed by atoms with van der Waals surface area (Å²) in [7, 11) is 0. The Morgan fingerprint density at radius 2 is 1.44 bits per heavy atom. The van der Waals surface area contributed by atoms with Crippen molar-refractivity contribution in [1.82, 2.24) is 0 Å². The van der Waals surface area contributed by atoms with Crippen LogP contribution in [0.3, 0.4) is 0 Å². The molecule has 1 heteroatoms. The van der Waals surface area contributed by atoms with Crippen molar-refractivity contribution in [2.75, 3.05) is 0 Å². The third-order valence-corrected chi connectivity index (χ3v) is 2.39. The van der Waals surface area contributed by atoms with E-state index in [0.717, 1.165) is 6.42 Å². The Bertz CT molecular complexity index is 111. The minimum absolute atomic E-state index is 0.106. The molecular formula is C8H16O. The quantitative estimate of drug-likeness (QED) is 0.527. The molecule has 9 heavy (non-hydrogen) atoms. The van der Waals surface area contributed by atoms with Gasteiger partial charge < -0.3 is 5.11 Å². The molecule has 0 aromatic heterocycles. The molecule has 0 aliphatic heterocycles. The summed E-state index contributed by atoms with van der Waals surface area (Å²) in [4.78, 5) is 0. The van der Waals surface area contributed by atoms with Gasteiger partial charge in [0.05, 0.1) is 6.10 Å². The molecule has 0 heterocycles. The molecular weight excluding hydrogens is 112 g/mol. The average molecular weight is 128 g/mol. The maximum Gasteiger partial charge on any atom is 0.0642 e. The summed E-state index contributed by atoms with van der Waals surface area (Å²) < 4.78 is 0. The summed E-state index contributed by atoms with van der Waals surface area (Å²) in [6.45, 7) is 8.46. The topological polar surface area (TPSA) is 20.2 Å². The molecule has 1 N–H and O–H groups in total. The van der Waals surface area contributed by atoms with E-state index in [1.165, 1.54) is 0 Å². The normalized spacial score (nSPS) is 31.7. The highest BCUT2D eigenvalue weighted by Gasteiger charge is 2.51. The second kappa shape index (κ2) is 1.51. The maximum absolute atomic E-state index is 9.50. The Morgan fingerprint density at radius 1 is 1.11 bits per heavy atom. The molecule has 1 nitrogen and oxygen atoms in total. The van der Waals surface area contributed by atoms with E-state index >= 15 is 0 Å². The van der Waals surface area contributed by atoms with Gasteiger partial charge in [-0.1, -0.05) is 27.7 Å². The molecule has 0 radical (unpaired) electrons. The van der Waals surface area contributed by atoms with Gasteiger partial charge in [0.15, 0.2) is 0 Å². The largest absolute Gasteiger partial charge is 0.392 e. The van der Waals surface area contributed by atoms with Crippen LogP contribution in [0.2, 0.25) is 0 Å². The van der Waals surface area contributed by atoms with Gasteiger partial charge in [0, 0.05) is 0 Å². The van der Waals surface area contributed by atoms with Gasteiger partial charge in [-0.25, -0.2) is 0 Å². The molecule has 1 fully saturated rings. The fourth-order valence-electron chi connectivity index (χ4n) is 2.29. The fraction of sp³-hybridized carbons (Fsp3) is 1.00. The van der Waals surface area contributed by atoms with E-state index in [-0.39, 0.29) is 16.9 Å². The Hall–Kier alpha value is -0.0400. The molecule has 0 atom stereocenters. The maximum atomic E-state index is 9.50. The lowest BCUT2D eigenvalue weighted by Crippen LogP contribution is -2.54. The van der Waals surface area contributed by atoms with Gasteiger partial charge in [-0.15, -0.1) is 0 Å². The van der Waals surface area contributed by atoms with Crippen molar-refractivity contribution in [3.8, 4) is 0 Å². The predicted molar refractivity (Wildman–Crippen MR) is 38.2 cm³/mol. The SMILES string of the molecule is CC1(C)CC(C)(C)C1O. The lowest BCUT2D eigenvalue weighted by atomic mass is 9.54. The molecule has 54 valence electrons. The van der Waals surface area contributed by atoms with Crippen molar-refractivity contribution >= 4 is 0 Å². The van der Waals surface area contributed by atoms with Crippen molar-refractivity contribution in [3.63, 3.8) is 0 Å². The second-order valence-electron chi connectivity index (χ2n) is 4.56.